The Morgan fingerprint density at radius 1 is 1.52 bits per heavy atom. The summed E-state index contributed by atoms with van der Waals surface area (Å²) in [7, 11) is 0. The predicted octanol–water partition coefficient (Wildman–Crippen LogP) is 3.52. The second-order valence-electron chi connectivity index (χ2n) is 6.53. The van der Waals surface area contributed by atoms with Crippen LogP contribution in [0, 0.1) is 27.4 Å². The van der Waals surface area contributed by atoms with Gasteiger partial charge in [-0.1, -0.05) is 31.4 Å². The zero-order valence-corrected chi connectivity index (χ0v) is 13.5. The van der Waals surface area contributed by atoms with Gasteiger partial charge in [-0.25, -0.2) is 5.43 Å². The molecule has 7 heteroatoms. The monoisotopic (exact) mass is 335 g/mol. The van der Waals surface area contributed by atoms with Gasteiger partial charge in [0.25, 0.3) is 5.69 Å². The highest BCUT2D eigenvalue weighted by Crippen LogP contribution is 2.66. The molecule has 122 valence electrons. The number of halogens is 1. The predicted molar refractivity (Wildman–Crippen MR) is 87.4 cm³/mol. The summed E-state index contributed by atoms with van der Waals surface area (Å²) in [5, 5.41) is 15.0. The van der Waals surface area contributed by atoms with Crippen LogP contribution >= 0.6 is 11.6 Å². The highest BCUT2D eigenvalue weighted by Gasteiger charge is 2.64. The minimum atomic E-state index is -0.498. The van der Waals surface area contributed by atoms with Crippen LogP contribution in [0.15, 0.2) is 23.3 Å². The number of fused-ring (bicyclic) bond motifs is 1. The van der Waals surface area contributed by atoms with Gasteiger partial charge in [-0.15, -0.1) is 0 Å². The third-order valence-corrected chi connectivity index (χ3v) is 5.53. The number of amides is 1. The van der Waals surface area contributed by atoms with Gasteiger partial charge in [0.2, 0.25) is 5.91 Å². The van der Waals surface area contributed by atoms with Gasteiger partial charge < -0.3 is 0 Å². The molecule has 0 aromatic heterocycles. The van der Waals surface area contributed by atoms with Crippen molar-refractivity contribution < 1.29 is 9.72 Å². The van der Waals surface area contributed by atoms with E-state index in [-0.39, 0.29) is 22.9 Å². The van der Waals surface area contributed by atoms with E-state index >= 15 is 0 Å². The van der Waals surface area contributed by atoms with Crippen LogP contribution in [0.25, 0.3) is 0 Å². The fourth-order valence-electron chi connectivity index (χ4n) is 3.83. The standard InChI is InChI=1S/C16H18ClN3O3/c1-16-7-3-2-4-12(16)14(16)15(21)19-18-9-10-8-11(20(22)23)5-6-13(10)17/h5-6,8-9,12,14H,2-4,7H2,1H3,(H,19,21)/b18-9-/t12-,14+,16+/m0/s1. The van der Waals surface area contributed by atoms with Gasteiger partial charge in [0.05, 0.1) is 11.1 Å². The molecule has 0 bridgehead atoms. The smallest absolute Gasteiger partial charge is 0.270 e. The Morgan fingerprint density at radius 3 is 2.96 bits per heavy atom. The van der Waals surface area contributed by atoms with E-state index < -0.39 is 4.92 Å². The lowest BCUT2D eigenvalue weighted by atomic mass is 9.90. The van der Waals surface area contributed by atoms with E-state index in [1.54, 1.807) is 0 Å². The minimum absolute atomic E-state index is 0.0303. The lowest BCUT2D eigenvalue weighted by Crippen LogP contribution is -2.22. The van der Waals surface area contributed by atoms with Gasteiger partial charge in [0.1, 0.15) is 0 Å². The third kappa shape index (κ3) is 2.95. The number of nitro groups is 1. The highest BCUT2D eigenvalue weighted by molar-refractivity contribution is 6.33. The van der Waals surface area contributed by atoms with Crippen molar-refractivity contribution in [2.75, 3.05) is 0 Å². The molecule has 0 unspecified atom stereocenters. The first-order valence-corrected chi connectivity index (χ1v) is 8.08. The fourth-order valence-corrected chi connectivity index (χ4v) is 4.00. The molecular formula is C16H18ClN3O3. The van der Waals surface area contributed by atoms with Crippen molar-refractivity contribution in [2.45, 2.75) is 32.6 Å². The normalized spacial score (nSPS) is 29.1. The third-order valence-electron chi connectivity index (χ3n) is 5.18. The van der Waals surface area contributed by atoms with E-state index in [0.717, 1.165) is 12.8 Å². The Balaban J connectivity index is 1.64. The van der Waals surface area contributed by atoms with Gasteiger partial charge in [-0.2, -0.15) is 5.10 Å². The minimum Gasteiger partial charge on any atom is -0.273 e. The van der Waals surface area contributed by atoms with Crippen molar-refractivity contribution in [2.24, 2.45) is 22.4 Å². The van der Waals surface area contributed by atoms with Crippen molar-refractivity contribution in [3.63, 3.8) is 0 Å². The molecule has 1 amide bonds. The number of non-ortho nitro benzene ring substituents is 1. The molecule has 3 atom stereocenters. The first kappa shape index (κ1) is 15.9. The molecule has 2 aliphatic rings. The topological polar surface area (TPSA) is 84.6 Å². The molecule has 2 saturated carbocycles. The number of hydrazone groups is 1. The number of carbonyl (C=O) groups is 1. The summed E-state index contributed by atoms with van der Waals surface area (Å²) in [6, 6.07) is 4.10. The number of hydrogen-bond donors (Lipinski definition) is 1. The molecule has 23 heavy (non-hydrogen) atoms. The molecule has 6 nitrogen and oxygen atoms in total. The lowest BCUT2D eigenvalue weighted by Gasteiger charge is -2.15. The number of carbonyl (C=O) groups excluding carboxylic acids is 1. The number of rotatable bonds is 4. The van der Waals surface area contributed by atoms with Crippen LogP contribution in [0.3, 0.4) is 0 Å². The van der Waals surface area contributed by atoms with Gasteiger partial charge in [0.15, 0.2) is 0 Å². The van der Waals surface area contributed by atoms with E-state index in [9.17, 15) is 14.9 Å². The number of nitro benzene ring substituents is 1. The molecule has 0 radical (unpaired) electrons. The summed E-state index contributed by atoms with van der Waals surface area (Å²) >= 11 is 5.99. The Hall–Kier alpha value is -1.95. The van der Waals surface area contributed by atoms with E-state index in [1.165, 1.54) is 37.3 Å². The second-order valence-corrected chi connectivity index (χ2v) is 6.94. The first-order valence-electron chi connectivity index (χ1n) is 7.70. The summed E-state index contributed by atoms with van der Waals surface area (Å²) in [4.78, 5) is 22.5. The van der Waals surface area contributed by atoms with Crippen molar-refractivity contribution >= 4 is 29.4 Å². The SMILES string of the molecule is C[C@@]12CCCC[C@H]1[C@@H]2C(=O)N/N=C\c1cc([N+](=O)[O-])ccc1Cl. The van der Waals surface area contributed by atoms with Crippen LogP contribution < -0.4 is 5.43 Å². The van der Waals surface area contributed by atoms with Gasteiger partial charge in [-0.3, -0.25) is 14.9 Å². The molecule has 2 aliphatic carbocycles. The summed E-state index contributed by atoms with van der Waals surface area (Å²) in [5.74, 6) is 0.424. The summed E-state index contributed by atoms with van der Waals surface area (Å²) in [6.07, 6.45) is 5.92. The zero-order valence-electron chi connectivity index (χ0n) is 12.8. The average Bonchev–Trinajstić information content (AvgIpc) is 3.14. The van der Waals surface area contributed by atoms with E-state index in [2.05, 4.69) is 17.5 Å². The molecule has 0 spiro atoms. The zero-order chi connectivity index (χ0) is 16.6. The van der Waals surface area contributed by atoms with Crippen molar-refractivity contribution in [1.82, 2.24) is 5.43 Å². The Bertz CT molecular complexity index is 691. The number of benzene rings is 1. The highest BCUT2D eigenvalue weighted by atomic mass is 35.5. The van der Waals surface area contributed by atoms with Crippen LogP contribution in [0.2, 0.25) is 5.02 Å². The Morgan fingerprint density at radius 2 is 2.30 bits per heavy atom. The number of nitrogens with zero attached hydrogens (tertiary/aromatic N) is 2. The number of nitrogens with one attached hydrogen (secondary N) is 1. The summed E-state index contributed by atoms with van der Waals surface area (Å²) in [6.45, 7) is 2.17. The van der Waals surface area contributed by atoms with E-state index in [4.69, 9.17) is 11.6 Å². The molecule has 1 aromatic rings. The van der Waals surface area contributed by atoms with Crippen LogP contribution in [0.4, 0.5) is 5.69 Å². The van der Waals surface area contributed by atoms with Gasteiger partial charge >= 0.3 is 0 Å². The fraction of sp³-hybridized carbons (Fsp3) is 0.500. The Kier molecular flexibility index (Phi) is 4.10. The molecule has 0 saturated heterocycles. The van der Waals surface area contributed by atoms with E-state index in [0.29, 0.717) is 16.5 Å². The maximum atomic E-state index is 12.3. The molecule has 1 N–H and O–H groups in total. The van der Waals surface area contributed by atoms with Crippen molar-refractivity contribution in [1.29, 1.82) is 0 Å². The maximum absolute atomic E-state index is 12.3. The maximum Gasteiger partial charge on any atom is 0.270 e. The molecule has 0 heterocycles. The lowest BCUT2D eigenvalue weighted by molar-refractivity contribution is -0.384. The summed E-state index contributed by atoms with van der Waals surface area (Å²) in [5.41, 5.74) is 3.02. The summed E-state index contributed by atoms with van der Waals surface area (Å²) < 4.78 is 0. The van der Waals surface area contributed by atoms with Crippen LogP contribution in [-0.4, -0.2) is 17.0 Å². The molecule has 1 aromatic carbocycles. The van der Waals surface area contributed by atoms with Crippen molar-refractivity contribution in [3.05, 3.63) is 38.9 Å². The quantitative estimate of drug-likeness (QED) is 0.519. The van der Waals surface area contributed by atoms with Crippen LogP contribution in [-0.2, 0) is 4.79 Å². The molecular weight excluding hydrogens is 318 g/mol. The molecule has 2 fully saturated rings. The second kappa shape index (κ2) is 5.92. The van der Waals surface area contributed by atoms with Crippen LogP contribution in [0.5, 0.6) is 0 Å². The largest absolute Gasteiger partial charge is 0.273 e. The van der Waals surface area contributed by atoms with Crippen molar-refractivity contribution in [3.8, 4) is 0 Å². The van der Waals surface area contributed by atoms with Gasteiger partial charge in [0, 0.05) is 28.6 Å². The molecule has 0 aliphatic heterocycles. The number of hydrogen-bond acceptors (Lipinski definition) is 4. The Labute approximate surface area is 139 Å². The average molecular weight is 336 g/mol. The van der Waals surface area contributed by atoms with Crippen LogP contribution in [0.1, 0.15) is 38.2 Å². The molecule has 3 rings (SSSR count). The van der Waals surface area contributed by atoms with E-state index in [1.807, 2.05) is 0 Å². The first-order chi connectivity index (χ1) is 10.9. The van der Waals surface area contributed by atoms with Gasteiger partial charge in [-0.05, 0) is 30.2 Å².